The van der Waals surface area contributed by atoms with Gasteiger partial charge in [-0.25, -0.2) is 24.2 Å². The van der Waals surface area contributed by atoms with Crippen molar-refractivity contribution in [3.63, 3.8) is 0 Å². The van der Waals surface area contributed by atoms with Gasteiger partial charge in [0.25, 0.3) is 11.8 Å². The van der Waals surface area contributed by atoms with E-state index in [9.17, 15) is 37.1 Å². The number of aromatic nitrogens is 5. The third-order valence-corrected chi connectivity index (χ3v) is 13.6. The number of ether oxygens (including phenoxy) is 2. The standard InChI is InChI=1S/C53H55ClF3N11O7/c1-52(2,3)75-50(72)59-20-19-58-34-14-16-44(60-28-34)68-30-40(45(63-68)53(55,56)57)43-29-61-46(64(43)4)47(69)62-33-13-15-39(42(54)27-33)49(71)66-25-23-65(24-26-66)48(70)32-17-21-67(22-18-32)51(73)74-31-41-37-11-7-5-9-35(37)36-10-6-8-12-38(36)41/h5-16,27-30,32,41,58H,17-26,31H2,1-4H3,(H,59,72)(H,62,69). The van der Waals surface area contributed by atoms with Crippen LogP contribution in [0.5, 0.6) is 0 Å². The molecule has 2 aliphatic heterocycles. The van der Waals surface area contributed by atoms with E-state index in [0.717, 1.165) is 39.3 Å². The number of carbonyl (C=O) groups excluding carboxylic acids is 5. The van der Waals surface area contributed by atoms with Gasteiger partial charge in [-0.05, 0) is 86.2 Å². The molecule has 2 saturated heterocycles. The predicted molar refractivity (Wildman–Crippen MR) is 273 cm³/mol. The molecule has 3 aliphatic rings. The van der Waals surface area contributed by atoms with Crippen LogP contribution < -0.4 is 16.0 Å². The molecule has 75 heavy (non-hydrogen) atoms. The van der Waals surface area contributed by atoms with Crippen molar-refractivity contribution >= 4 is 52.9 Å². The third-order valence-electron chi connectivity index (χ3n) is 13.3. The van der Waals surface area contributed by atoms with Crippen LogP contribution in [0.2, 0.25) is 5.02 Å². The number of benzene rings is 3. The molecule has 5 heterocycles. The van der Waals surface area contributed by atoms with E-state index in [1.807, 2.05) is 24.3 Å². The molecular weight excluding hydrogens is 995 g/mol. The summed E-state index contributed by atoms with van der Waals surface area (Å²) in [5.41, 5.74) is 3.25. The van der Waals surface area contributed by atoms with E-state index in [4.69, 9.17) is 21.1 Å². The molecule has 392 valence electrons. The third kappa shape index (κ3) is 11.6. The zero-order valence-electron chi connectivity index (χ0n) is 41.6. The zero-order valence-corrected chi connectivity index (χ0v) is 42.4. The lowest BCUT2D eigenvalue weighted by molar-refractivity contribution is -0.141. The number of carbonyl (C=O) groups is 5. The fourth-order valence-electron chi connectivity index (χ4n) is 9.58. The highest BCUT2D eigenvalue weighted by atomic mass is 35.5. The molecule has 22 heteroatoms. The van der Waals surface area contributed by atoms with Crippen molar-refractivity contribution in [2.24, 2.45) is 13.0 Å². The second-order valence-electron chi connectivity index (χ2n) is 19.5. The Bertz CT molecular complexity index is 3080. The van der Waals surface area contributed by atoms with Crippen molar-refractivity contribution in [1.82, 2.24) is 44.3 Å². The predicted octanol–water partition coefficient (Wildman–Crippen LogP) is 8.47. The van der Waals surface area contributed by atoms with Crippen LogP contribution in [0.4, 0.5) is 34.1 Å². The van der Waals surface area contributed by atoms with Crippen molar-refractivity contribution in [2.75, 3.05) is 69.6 Å². The summed E-state index contributed by atoms with van der Waals surface area (Å²) in [6, 6.07) is 23.7. The molecule has 5 amide bonds. The number of nitrogens with one attached hydrogen (secondary N) is 3. The molecule has 0 spiro atoms. The van der Waals surface area contributed by atoms with Gasteiger partial charge in [-0.15, -0.1) is 0 Å². The topological polar surface area (TPSA) is 198 Å². The molecule has 6 aromatic rings. The molecule has 0 bridgehead atoms. The van der Waals surface area contributed by atoms with Gasteiger partial charge in [0.2, 0.25) is 5.91 Å². The van der Waals surface area contributed by atoms with E-state index in [-0.39, 0.29) is 89.1 Å². The molecule has 0 atom stereocenters. The first-order valence-corrected chi connectivity index (χ1v) is 24.9. The Morgan fingerprint density at radius 2 is 1.41 bits per heavy atom. The molecule has 3 aromatic heterocycles. The average molecular weight is 1050 g/mol. The van der Waals surface area contributed by atoms with E-state index in [0.29, 0.717) is 51.3 Å². The maximum Gasteiger partial charge on any atom is 0.435 e. The van der Waals surface area contributed by atoms with Crippen LogP contribution in [0.25, 0.3) is 28.2 Å². The quantitative estimate of drug-likeness (QED) is 0.0994. The second-order valence-corrected chi connectivity index (χ2v) is 19.9. The summed E-state index contributed by atoms with van der Waals surface area (Å²) in [4.78, 5) is 79.3. The maximum atomic E-state index is 14.4. The van der Waals surface area contributed by atoms with Gasteiger partial charge in [0.1, 0.15) is 12.2 Å². The molecule has 9 rings (SSSR count). The van der Waals surface area contributed by atoms with Crippen molar-refractivity contribution in [1.29, 1.82) is 0 Å². The number of pyridine rings is 1. The van der Waals surface area contributed by atoms with Crippen LogP contribution in [0.1, 0.15) is 77.3 Å². The number of likely N-dealkylation sites (tertiary alicyclic amines) is 1. The number of piperidine rings is 1. The van der Waals surface area contributed by atoms with Gasteiger partial charge in [0.15, 0.2) is 17.3 Å². The number of imidazole rings is 1. The molecule has 1 aliphatic carbocycles. The summed E-state index contributed by atoms with van der Waals surface area (Å²) in [5, 5.41) is 12.2. The minimum absolute atomic E-state index is 0.0135. The normalized spacial score (nSPS) is 15.0. The van der Waals surface area contributed by atoms with Gasteiger partial charge < -0.3 is 44.7 Å². The monoisotopic (exact) mass is 1050 g/mol. The van der Waals surface area contributed by atoms with Crippen LogP contribution in [-0.2, 0) is 27.5 Å². The first-order valence-electron chi connectivity index (χ1n) is 24.5. The van der Waals surface area contributed by atoms with Crippen LogP contribution in [0.3, 0.4) is 0 Å². The van der Waals surface area contributed by atoms with E-state index in [1.165, 1.54) is 42.1 Å². The summed E-state index contributed by atoms with van der Waals surface area (Å²) in [7, 11) is 1.39. The Balaban J connectivity index is 0.747. The summed E-state index contributed by atoms with van der Waals surface area (Å²) in [5.74, 6) is -1.57. The van der Waals surface area contributed by atoms with Gasteiger partial charge in [0, 0.05) is 83.1 Å². The van der Waals surface area contributed by atoms with Gasteiger partial charge in [0.05, 0.1) is 39.9 Å². The van der Waals surface area contributed by atoms with E-state index >= 15 is 0 Å². The fraction of sp³-hybridized carbons (Fsp3) is 0.358. The molecule has 3 N–H and O–H groups in total. The van der Waals surface area contributed by atoms with E-state index in [1.54, 1.807) is 41.5 Å². The first-order chi connectivity index (χ1) is 35.8. The highest BCUT2D eigenvalue weighted by molar-refractivity contribution is 6.34. The summed E-state index contributed by atoms with van der Waals surface area (Å²) >= 11 is 6.61. The number of alkyl halides is 3. The zero-order chi connectivity index (χ0) is 53.2. The average Bonchev–Trinajstić information content (AvgIpc) is 4.10. The smallest absolute Gasteiger partial charge is 0.435 e. The van der Waals surface area contributed by atoms with Gasteiger partial charge in [-0.3, -0.25) is 14.4 Å². The van der Waals surface area contributed by atoms with Crippen molar-refractivity contribution in [3.05, 3.63) is 131 Å². The molecule has 0 unspecified atom stereocenters. The van der Waals surface area contributed by atoms with E-state index < -0.39 is 35.6 Å². The molecule has 3 aromatic carbocycles. The lowest BCUT2D eigenvalue weighted by Crippen LogP contribution is -2.53. The van der Waals surface area contributed by atoms with E-state index in [2.05, 4.69) is 55.3 Å². The number of rotatable bonds is 12. The van der Waals surface area contributed by atoms with Crippen molar-refractivity contribution in [3.8, 4) is 28.2 Å². The minimum atomic E-state index is -4.88. The van der Waals surface area contributed by atoms with Crippen LogP contribution in [0, 0.1) is 5.92 Å². The largest absolute Gasteiger partial charge is 0.448 e. The lowest BCUT2D eigenvalue weighted by Gasteiger charge is -2.38. The number of amides is 5. The van der Waals surface area contributed by atoms with Crippen LogP contribution in [-0.4, -0.2) is 133 Å². The van der Waals surface area contributed by atoms with Gasteiger partial charge in [-0.1, -0.05) is 60.1 Å². The molecular formula is C53H55ClF3N11O7. The number of hydrogen-bond donors (Lipinski definition) is 3. The summed E-state index contributed by atoms with van der Waals surface area (Å²) in [6.07, 6.45) is -1.14. The first kappa shape index (κ1) is 51.9. The number of hydrogen-bond acceptors (Lipinski definition) is 11. The number of halogens is 4. The summed E-state index contributed by atoms with van der Waals surface area (Å²) in [6.45, 7) is 8.01. The molecule has 18 nitrogen and oxygen atoms in total. The number of alkyl carbamates (subject to hydrolysis) is 1. The fourth-order valence-corrected chi connectivity index (χ4v) is 9.84. The Labute approximate surface area is 435 Å². The Kier molecular flexibility index (Phi) is 14.9. The Hall–Kier alpha value is -7.94. The Morgan fingerprint density at radius 1 is 0.760 bits per heavy atom. The van der Waals surface area contributed by atoms with Crippen LogP contribution >= 0.6 is 11.6 Å². The SMILES string of the molecule is Cn1c(-c2cn(-c3ccc(NCCNC(=O)OC(C)(C)C)cn3)nc2C(F)(F)F)cnc1C(=O)Nc1ccc(C(=O)N2CCN(C(=O)C3CCN(C(=O)OCC4c5ccccc5-c5ccccc54)CC3)CC2)c(Cl)c1. The number of piperazine rings is 1. The number of fused-ring (bicyclic) bond motifs is 3. The molecule has 2 fully saturated rings. The van der Waals surface area contributed by atoms with Crippen LogP contribution in [0.15, 0.2) is 97.5 Å². The van der Waals surface area contributed by atoms with Crippen molar-refractivity contribution < 1.29 is 46.6 Å². The second kappa shape index (κ2) is 21.5. The van der Waals surface area contributed by atoms with Gasteiger partial charge in [-0.2, -0.15) is 18.3 Å². The van der Waals surface area contributed by atoms with Gasteiger partial charge >= 0.3 is 18.4 Å². The lowest BCUT2D eigenvalue weighted by atomic mass is 9.95. The number of nitrogens with zero attached hydrogens (tertiary/aromatic N) is 8. The number of anilines is 2. The minimum Gasteiger partial charge on any atom is -0.448 e. The highest BCUT2D eigenvalue weighted by Gasteiger charge is 2.40. The van der Waals surface area contributed by atoms with Crippen molar-refractivity contribution in [2.45, 2.75) is 51.3 Å². The Morgan fingerprint density at radius 3 is 2.04 bits per heavy atom. The summed E-state index contributed by atoms with van der Waals surface area (Å²) < 4.78 is 56.5. The molecule has 0 saturated carbocycles. The molecule has 0 radical (unpaired) electrons. The highest BCUT2D eigenvalue weighted by Crippen LogP contribution is 2.45. The maximum absolute atomic E-state index is 14.4.